The Kier molecular flexibility index (Phi) is 5.74. The van der Waals surface area contributed by atoms with Gasteiger partial charge in [-0.2, -0.15) is 0 Å². The number of amides is 2. The first-order valence-corrected chi connectivity index (χ1v) is 8.39. The molecule has 1 aromatic carbocycles. The van der Waals surface area contributed by atoms with Gasteiger partial charge in [-0.3, -0.25) is 9.59 Å². The van der Waals surface area contributed by atoms with Gasteiger partial charge >= 0.3 is 0 Å². The van der Waals surface area contributed by atoms with Crippen molar-refractivity contribution in [2.45, 2.75) is 20.8 Å². The molecule has 122 valence electrons. The molecule has 0 aliphatic rings. The van der Waals surface area contributed by atoms with Crippen molar-refractivity contribution in [3.05, 3.63) is 45.4 Å². The highest BCUT2D eigenvalue weighted by Gasteiger charge is 2.20. The van der Waals surface area contributed by atoms with Crippen LogP contribution in [0.5, 0.6) is 0 Å². The molecule has 2 rings (SSSR count). The van der Waals surface area contributed by atoms with Gasteiger partial charge in [0.25, 0.3) is 5.91 Å². The third-order valence-electron chi connectivity index (χ3n) is 3.38. The molecule has 0 aliphatic carbocycles. The number of aromatic nitrogens is 1. The van der Waals surface area contributed by atoms with Crippen LogP contribution in [0.3, 0.4) is 0 Å². The number of hydrogen-bond acceptors (Lipinski definition) is 4. The first kappa shape index (κ1) is 17.4. The predicted molar refractivity (Wildman–Crippen MR) is 93.2 cm³/mol. The van der Waals surface area contributed by atoms with Crippen LogP contribution in [0, 0.1) is 13.8 Å². The molecule has 7 heteroatoms. The van der Waals surface area contributed by atoms with Crippen LogP contribution >= 0.6 is 22.9 Å². The van der Waals surface area contributed by atoms with Crippen molar-refractivity contribution in [3.8, 4) is 0 Å². The lowest BCUT2D eigenvalue weighted by Crippen LogP contribution is -2.38. The summed E-state index contributed by atoms with van der Waals surface area (Å²) in [6.07, 6.45) is 0. The second-order valence-electron chi connectivity index (χ2n) is 5.01. The molecule has 0 spiro atoms. The Morgan fingerprint density at radius 2 is 2.00 bits per heavy atom. The minimum Gasteiger partial charge on any atom is -0.330 e. The van der Waals surface area contributed by atoms with Gasteiger partial charge in [0.1, 0.15) is 6.54 Å². The molecule has 0 radical (unpaired) electrons. The first-order chi connectivity index (χ1) is 10.9. The molecule has 2 amide bonds. The van der Waals surface area contributed by atoms with Gasteiger partial charge in [0.2, 0.25) is 5.91 Å². The van der Waals surface area contributed by atoms with E-state index in [2.05, 4.69) is 10.3 Å². The number of aryl methyl sites for hydroxylation is 2. The van der Waals surface area contributed by atoms with Crippen LogP contribution in [0.25, 0.3) is 0 Å². The number of halogens is 1. The number of nitrogens with one attached hydrogen (secondary N) is 1. The van der Waals surface area contributed by atoms with E-state index in [1.54, 1.807) is 24.3 Å². The standard InChI is InChI=1S/C16H18ClN3O2S/c1-4-20(15(22)12-7-5-6-8-13(12)17)9-14(21)19-16-18-10(2)11(3)23-16/h5-8H,4,9H2,1-3H3,(H,18,19,21). The number of nitrogens with zero attached hydrogens (tertiary/aromatic N) is 2. The molecule has 0 bridgehead atoms. The van der Waals surface area contributed by atoms with Crippen LogP contribution in [0.1, 0.15) is 27.9 Å². The molecule has 23 heavy (non-hydrogen) atoms. The second-order valence-corrected chi connectivity index (χ2v) is 6.62. The van der Waals surface area contributed by atoms with E-state index < -0.39 is 0 Å². The quantitative estimate of drug-likeness (QED) is 0.896. The van der Waals surface area contributed by atoms with Crippen molar-refractivity contribution in [2.24, 2.45) is 0 Å². The van der Waals surface area contributed by atoms with E-state index in [0.29, 0.717) is 22.3 Å². The van der Waals surface area contributed by atoms with Gasteiger partial charge in [-0.05, 0) is 32.9 Å². The van der Waals surface area contributed by atoms with Crippen molar-refractivity contribution in [1.29, 1.82) is 0 Å². The van der Waals surface area contributed by atoms with Crippen molar-refractivity contribution in [2.75, 3.05) is 18.4 Å². The average molecular weight is 352 g/mol. The van der Waals surface area contributed by atoms with Crippen LogP contribution in [-0.2, 0) is 4.79 Å². The Labute approximate surface area is 144 Å². The molecule has 1 aromatic heterocycles. The maximum absolute atomic E-state index is 12.5. The Balaban J connectivity index is 2.05. The lowest BCUT2D eigenvalue weighted by atomic mass is 10.2. The highest BCUT2D eigenvalue weighted by molar-refractivity contribution is 7.15. The molecule has 0 atom stereocenters. The van der Waals surface area contributed by atoms with E-state index >= 15 is 0 Å². The molecule has 1 N–H and O–H groups in total. The van der Waals surface area contributed by atoms with Crippen LogP contribution in [-0.4, -0.2) is 34.8 Å². The summed E-state index contributed by atoms with van der Waals surface area (Å²) in [5, 5.41) is 3.66. The van der Waals surface area contributed by atoms with Crippen LogP contribution < -0.4 is 5.32 Å². The summed E-state index contributed by atoms with van der Waals surface area (Å²) in [4.78, 5) is 31.4. The van der Waals surface area contributed by atoms with Crippen LogP contribution in [0.4, 0.5) is 5.13 Å². The van der Waals surface area contributed by atoms with Crippen molar-refractivity contribution in [3.63, 3.8) is 0 Å². The molecule has 2 aromatic rings. The topological polar surface area (TPSA) is 62.3 Å². The van der Waals surface area contributed by atoms with Crippen LogP contribution in [0.15, 0.2) is 24.3 Å². The predicted octanol–water partition coefficient (Wildman–Crippen LogP) is 3.51. The zero-order valence-electron chi connectivity index (χ0n) is 13.2. The molecule has 0 saturated heterocycles. The van der Waals surface area contributed by atoms with E-state index in [0.717, 1.165) is 10.6 Å². The smallest absolute Gasteiger partial charge is 0.255 e. The van der Waals surface area contributed by atoms with Crippen molar-refractivity contribution >= 4 is 39.9 Å². The largest absolute Gasteiger partial charge is 0.330 e. The maximum atomic E-state index is 12.5. The monoisotopic (exact) mass is 351 g/mol. The van der Waals surface area contributed by atoms with Gasteiger partial charge in [0, 0.05) is 11.4 Å². The number of benzene rings is 1. The summed E-state index contributed by atoms with van der Waals surface area (Å²) < 4.78 is 0. The van der Waals surface area contributed by atoms with Crippen molar-refractivity contribution in [1.82, 2.24) is 9.88 Å². The summed E-state index contributed by atoms with van der Waals surface area (Å²) in [7, 11) is 0. The third-order valence-corrected chi connectivity index (χ3v) is 4.70. The zero-order chi connectivity index (χ0) is 17.0. The molecule has 0 aliphatic heterocycles. The van der Waals surface area contributed by atoms with Crippen molar-refractivity contribution < 1.29 is 9.59 Å². The number of thiazole rings is 1. The average Bonchev–Trinajstić information content (AvgIpc) is 2.82. The zero-order valence-corrected chi connectivity index (χ0v) is 14.8. The minimum absolute atomic E-state index is 0.0434. The van der Waals surface area contributed by atoms with Crippen LogP contribution in [0.2, 0.25) is 5.02 Å². The lowest BCUT2D eigenvalue weighted by Gasteiger charge is -2.20. The molecule has 0 saturated carbocycles. The number of carbonyl (C=O) groups excluding carboxylic acids is 2. The van der Waals surface area contributed by atoms with E-state index in [1.807, 2.05) is 20.8 Å². The van der Waals surface area contributed by atoms with Gasteiger partial charge in [0.15, 0.2) is 5.13 Å². The number of likely N-dealkylation sites (N-methyl/N-ethyl adjacent to an activating group) is 1. The summed E-state index contributed by atoms with van der Waals surface area (Å²) in [6, 6.07) is 6.81. The number of hydrogen-bond donors (Lipinski definition) is 1. The maximum Gasteiger partial charge on any atom is 0.255 e. The Hall–Kier alpha value is -1.92. The van der Waals surface area contributed by atoms with Gasteiger partial charge < -0.3 is 10.2 Å². The summed E-state index contributed by atoms with van der Waals surface area (Å²) in [5.74, 6) is -0.541. The molecule has 0 unspecified atom stereocenters. The fourth-order valence-corrected chi connectivity index (χ4v) is 3.04. The summed E-state index contributed by atoms with van der Waals surface area (Å²) in [6.45, 7) is 6.02. The fraction of sp³-hybridized carbons (Fsp3) is 0.312. The minimum atomic E-state index is -0.277. The fourth-order valence-electron chi connectivity index (χ4n) is 1.99. The summed E-state index contributed by atoms with van der Waals surface area (Å²) in [5.41, 5.74) is 1.29. The summed E-state index contributed by atoms with van der Waals surface area (Å²) >= 11 is 7.47. The second kappa shape index (κ2) is 7.57. The molecular formula is C16H18ClN3O2S. The van der Waals surface area contributed by atoms with E-state index in [-0.39, 0.29) is 18.4 Å². The van der Waals surface area contributed by atoms with Gasteiger partial charge in [-0.1, -0.05) is 23.7 Å². The first-order valence-electron chi connectivity index (χ1n) is 7.20. The normalized spacial score (nSPS) is 10.4. The number of carbonyl (C=O) groups is 2. The highest BCUT2D eigenvalue weighted by atomic mass is 35.5. The van der Waals surface area contributed by atoms with E-state index in [9.17, 15) is 9.59 Å². The molecule has 5 nitrogen and oxygen atoms in total. The number of rotatable bonds is 5. The number of anilines is 1. The molecule has 0 fully saturated rings. The highest BCUT2D eigenvalue weighted by Crippen LogP contribution is 2.21. The Bertz CT molecular complexity index is 710. The SMILES string of the molecule is CCN(CC(=O)Nc1nc(C)c(C)s1)C(=O)c1ccccc1Cl. The Morgan fingerprint density at radius 1 is 1.30 bits per heavy atom. The van der Waals surface area contributed by atoms with Gasteiger partial charge in [0.05, 0.1) is 16.3 Å². The van der Waals surface area contributed by atoms with E-state index in [4.69, 9.17) is 11.6 Å². The van der Waals surface area contributed by atoms with E-state index in [1.165, 1.54) is 16.2 Å². The van der Waals surface area contributed by atoms with Gasteiger partial charge in [-0.15, -0.1) is 11.3 Å². The molecule has 1 heterocycles. The Morgan fingerprint density at radius 3 is 2.57 bits per heavy atom. The third kappa shape index (κ3) is 4.30. The lowest BCUT2D eigenvalue weighted by molar-refractivity contribution is -0.116. The molecular weight excluding hydrogens is 334 g/mol. The van der Waals surface area contributed by atoms with Gasteiger partial charge in [-0.25, -0.2) is 4.98 Å².